The molecule has 0 radical (unpaired) electrons. The van der Waals surface area contributed by atoms with Crippen LogP contribution in [0.4, 0.5) is 5.00 Å². The van der Waals surface area contributed by atoms with Gasteiger partial charge in [-0.1, -0.05) is 11.8 Å². The van der Waals surface area contributed by atoms with Gasteiger partial charge in [0.2, 0.25) is 5.91 Å². The Morgan fingerprint density at radius 1 is 1.20 bits per heavy atom. The average molecular weight is 511 g/mol. The maximum atomic E-state index is 13.0. The summed E-state index contributed by atoms with van der Waals surface area (Å²) < 4.78 is 12.6. The van der Waals surface area contributed by atoms with E-state index in [9.17, 15) is 9.59 Å². The van der Waals surface area contributed by atoms with Gasteiger partial charge in [-0.3, -0.25) is 9.20 Å². The highest BCUT2D eigenvalue weighted by Gasteiger charge is 2.27. The van der Waals surface area contributed by atoms with Crippen molar-refractivity contribution in [1.82, 2.24) is 14.6 Å². The number of benzene rings is 1. The van der Waals surface area contributed by atoms with E-state index in [1.54, 1.807) is 14.0 Å². The summed E-state index contributed by atoms with van der Waals surface area (Å²) in [6, 6.07) is 7.89. The molecule has 0 unspecified atom stereocenters. The normalized spacial score (nSPS) is 13.1. The first kappa shape index (κ1) is 23.6. The number of nitrogens with one attached hydrogen (secondary N) is 1. The van der Waals surface area contributed by atoms with Gasteiger partial charge in [0.25, 0.3) is 0 Å². The molecule has 8 nitrogen and oxygen atoms in total. The van der Waals surface area contributed by atoms with Crippen molar-refractivity contribution in [1.29, 1.82) is 0 Å². The number of ether oxygens (including phenoxy) is 2. The van der Waals surface area contributed by atoms with Crippen LogP contribution in [0.3, 0.4) is 0 Å². The maximum Gasteiger partial charge on any atom is 0.341 e. The van der Waals surface area contributed by atoms with Crippen LogP contribution >= 0.6 is 23.1 Å². The number of hydrogen-bond acceptors (Lipinski definition) is 8. The van der Waals surface area contributed by atoms with E-state index in [1.165, 1.54) is 28.0 Å². The minimum absolute atomic E-state index is 0.136. The van der Waals surface area contributed by atoms with Gasteiger partial charge < -0.3 is 14.8 Å². The van der Waals surface area contributed by atoms with Crippen LogP contribution in [-0.2, 0) is 22.4 Å². The van der Waals surface area contributed by atoms with Gasteiger partial charge in [-0.2, -0.15) is 0 Å². The fraction of sp³-hybridized carbons (Fsp3) is 0.360. The summed E-state index contributed by atoms with van der Waals surface area (Å²) in [4.78, 5) is 26.8. The number of nitrogens with zero attached hydrogens (tertiary/aromatic N) is 3. The lowest BCUT2D eigenvalue weighted by molar-refractivity contribution is -0.113. The molecular formula is C25H26N4O4S2. The van der Waals surface area contributed by atoms with Crippen molar-refractivity contribution in [2.45, 2.75) is 44.7 Å². The maximum absolute atomic E-state index is 13.0. The number of carbonyl (C=O) groups excluding carboxylic acids is 2. The second kappa shape index (κ2) is 9.87. The van der Waals surface area contributed by atoms with Gasteiger partial charge in [0.1, 0.15) is 10.8 Å². The molecule has 0 saturated carbocycles. The highest BCUT2D eigenvalue weighted by Crippen LogP contribution is 2.39. The number of aryl methyl sites for hydroxylation is 2. The number of anilines is 1. The van der Waals surface area contributed by atoms with E-state index in [4.69, 9.17) is 9.47 Å². The van der Waals surface area contributed by atoms with E-state index < -0.39 is 0 Å². The summed E-state index contributed by atoms with van der Waals surface area (Å²) in [5, 5.41) is 13.9. The van der Waals surface area contributed by atoms with Crippen LogP contribution in [0, 0.1) is 6.92 Å². The van der Waals surface area contributed by atoms with Gasteiger partial charge in [-0.15, -0.1) is 21.5 Å². The molecule has 3 aromatic heterocycles. The quantitative estimate of drug-likeness (QED) is 0.275. The van der Waals surface area contributed by atoms with Gasteiger partial charge in [0.15, 0.2) is 10.8 Å². The number of esters is 1. The number of aromatic nitrogens is 3. The van der Waals surface area contributed by atoms with E-state index in [0.29, 0.717) is 22.3 Å². The molecule has 1 aliphatic carbocycles. The van der Waals surface area contributed by atoms with E-state index in [2.05, 4.69) is 21.6 Å². The van der Waals surface area contributed by atoms with Crippen molar-refractivity contribution in [2.75, 3.05) is 24.8 Å². The lowest BCUT2D eigenvalue weighted by atomic mass is 9.95. The van der Waals surface area contributed by atoms with Crippen LogP contribution in [0.15, 0.2) is 29.4 Å². The number of thiophene rings is 1. The SMILES string of the molecule is CCOC(=O)c1c(NC(=O)CSc2nnc3c(C)cc4cc(OC)ccc4n23)sc2c1CCCC2. The molecule has 1 amide bonds. The van der Waals surface area contributed by atoms with Crippen molar-refractivity contribution in [3.8, 4) is 5.75 Å². The van der Waals surface area contributed by atoms with Crippen LogP contribution in [0.2, 0.25) is 0 Å². The van der Waals surface area contributed by atoms with Crippen molar-refractivity contribution in [3.05, 3.63) is 45.8 Å². The van der Waals surface area contributed by atoms with Crippen LogP contribution in [0.5, 0.6) is 5.75 Å². The van der Waals surface area contributed by atoms with Gasteiger partial charge in [-0.25, -0.2) is 4.79 Å². The number of amides is 1. The highest BCUT2D eigenvalue weighted by atomic mass is 32.2. The van der Waals surface area contributed by atoms with Gasteiger partial charge in [0, 0.05) is 10.3 Å². The molecule has 10 heteroatoms. The van der Waals surface area contributed by atoms with Crippen molar-refractivity contribution < 1.29 is 19.1 Å². The van der Waals surface area contributed by atoms with E-state index >= 15 is 0 Å². The molecule has 5 rings (SSSR count). The summed E-state index contributed by atoms with van der Waals surface area (Å²) in [6.45, 7) is 4.07. The number of pyridine rings is 1. The molecule has 3 heterocycles. The lowest BCUT2D eigenvalue weighted by Crippen LogP contribution is -2.17. The second-order valence-corrected chi connectivity index (χ2v) is 10.4. The Hall–Kier alpha value is -3.11. The van der Waals surface area contributed by atoms with Crippen LogP contribution < -0.4 is 10.1 Å². The molecule has 0 saturated heterocycles. The third kappa shape index (κ3) is 4.48. The minimum Gasteiger partial charge on any atom is -0.497 e. The molecule has 1 N–H and O–H groups in total. The zero-order valence-electron chi connectivity index (χ0n) is 19.8. The molecule has 182 valence electrons. The molecule has 35 heavy (non-hydrogen) atoms. The van der Waals surface area contributed by atoms with E-state index in [0.717, 1.165) is 59.1 Å². The smallest absolute Gasteiger partial charge is 0.341 e. The summed E-state index contributed by atoms with van der Waals surface area (Å²) in [5.41, 5.74) is 4.23. The van der Waals surface area contributed by atoms with Crippen molar-refractivity contribution >= 4 is 56.5 Å². The third-order valence-corrected chi connectivity index (χ3v) is 8.21. The molecule has 0 spiro atoms. The number of thioether (sulfide) groups is 1. The zero-order valence-corrected chi connectivity index (χ0v) is 21.5. The van der Waals surface area contributed by atoms with E-state index in [-0.39, 0.29) is 17.6 Å². The lowest BCUT2D eigenvalue weighted by Gasteiger charge is -2.12. The fourth-order valence-corrected chi connectivity index (χ4v) is 6.52. The highest BCUT2D eigenvalue weighted by molar-refractivity contribution is 7.99. The molecule has 0 fully saturated rings. The summed E-state index contributed by atoms with van der Waals surface area (Å²) in [5.74, 6) is 0.344. The summed E-state index contributed by atoms with van der Waals surface area (Å²) in [7, 11) is 1.64. The largest absolute Gasteiger partial charge is 0.497 e. The average Bonchev–Trinajstić information content (AvgIpc) is 3.44. The number of fused-ring (bicyclic) bond motifs is 4. The zero-order chi connectivity index (χ0) is 24.5. The first-order valence-electron chi connectivity index (χ1n) is 11.6. The van der Waals surface area contributed by atoms with E-state index in [1.807, 2.05) is 29.5 Å². The molecule has 0 bridgehead atoms. The standard InChI is InChI=1S/C25H26N4O4S2/c1-4-33-24(31)21-17-7-5-6-8-19(17)35-23(21)26-20(30)13-34-25-28-27-22-14(2)11-15-12-16(32-3)9-10-18(15)29(22)25/h9-12H,4-8,13H2,1-3H3,(H,26,30). The number of methoxy groups -OCH3 is 1. The molecule has 0 aliphatic heterocycles. The summed E-state index contributed by atoms with van der Waals surface area (Å²) in [6.07, 6.45) is 3.91. The Labute approximate surface area is 211 Å². The van der Waals surface area contributed by atoms with Crippen LogP contribution in [0.25, 0.3) is 16.6 Å². The number of hydrogen-bond donors (Lipinski definition) is 1. The van der Waals surface area contributed by atoms with Gasteiger partial charge in [-0.05, 0) is 74.9 Å². The fourth-order valence-electron chi connectivity index (χ4n) is 4.48. The molecule has 1 aliphatic rings. The first-order chi connectivity index (χ1) is 17.0. The van der Waals surface area contributed by atoms with Crippen molar-refractivity contribution in [3.63, 3.8) is 0 Å². The third-order valence-electron chi connectivity index (χ3n) is 6.07. The molecule has 1 aromatic carbocycles. The van der Waals surface area contributed by atoms with Crippen molar-refractivity contribution in [2.24, 2.45) is 0 Å². The molecule has 0 atom stereocenters. The Morgan fingerprint density at radius 3 is 2.83 bits per heavy atom. The second-order valence-electron chi connectivity index (χ2n) is 8.37. The first-order valence-corrected chi connectivity index (χ1v) is 13.4. The minimum atomic E-state index is -0.365. The molecular weight excluding hydrogens is 484 g/mol. The van der Waals surface area contributed by atoms with Gasteiger partial charge in [0.05, 0.1) is 30.5 Å². The summed E-state index contributed by atoms with van der Waals surface area (Å²) >= 11 is 2.80. The number of rotatable bonds is 7. The topological polar surface area (TPSA) is 94.8 Å². The Morgan fingerprint density at radius 2 is 2.03 bits per heavy atom. The van der Waals surface area contributed by atoms with Crippen LogP contribution in [-0.4, -0.2) is 45.9 Å². The predicted molar refractivity (Wildman–Crippen MR) is 138 cm³/mol. The monoisotopic (exact) mass is 510 g/mol. The van der Waals surface area contributed by atoms with Gasteiger partial charge >= 0.3 is 5.97 Å². The Bertz CT molecular complexity index is 1440. The molecule has 4 aromatic rings. The van der Waals surface area contributed by atoms with Crippen LogP contribution in [0.1, 0.15) is 46.1 Å². The predicted octanol–water partition coefficient (Wildman–Crippen LogP) is 5.05. The number of carbonyl (C=O) groups is 2. The Balaban J connectivity index is 1.39. The Kier molecular flexibility index (Phi) is 6.66.